The summed E-state index contributed by atoms with van der Waals surface area (Å²) < 4.78 is 18.9. The van der Waals surface area contributed by atoms with E-state index in [-0.39, 0.29) is 23.9 Å². The molecule has 1 aromatic heterocycles. The molecule has 0 saturated carbocycles. The number of carbonyl (C=O) groups is 1. The molecule has 0 bridgehead atoms. The topological polar surface area (TPSA) is 75.4 Å². The van der Waals surface area contributed by atoms with E-state index in [1.807, 2.05) is 0 Å². The zero-order valence-electron chi connectivity index (χ0n) is 10.8. The molecular weight excluding hydrogens is 275 g/mol. The molecule has 0 aliphatic heterocycles. The number of carboxylic acids is 1. The van der Waals surface area contributed by atoms with E-state index in [1.165, 1.54) is 18.2 Å². The summed E-state index contributed by atoms with van der Waals surface area (Å²) in [5, 5.41) is 11.8. The molecule has 21 heavy (non-hydrogen) atoms. The first-order valence-electron chi connectivity index (χ1n) is 6.24. The summed E-state index contributed by atoms with van der Waals surface area (Å²) in [4.78, 5) is 15.0. The lowest BCUT2D eigenvalue weighted by atomic mass is 10.2. The van der Waals surface area contributed by atoms with Crippen molar-refractivity contribution >= 4 is 23.1 Å². The Hall–Kier alpha value is -2.89. The summed E-state index contributed by atoms with van der Waals surface area (Å²) in [6.45, 7) is 0.227. The lowest BCUT2D eigenvalue weighted by Crippen LogP contribution is -2.01. The van der Waals surface area contributed by atoms with E-state index < -0.39 is 5.97 Å². The van der Waals surface area contributed by atoms with E-state index >= 15 is 0 Å². The van der Waals surface area contributed by atoms with Gasteiger partial charge in [0.05, 0.1) is 5.56 Å². The third kappa shape index (κ3) is 2.69. The van der Waals surface area contributed by atoms with Crippen molar-refractivity contribution in [3.8, 4) is 0 Å². The molecule has 0 unspecified atom stereocenters. The number of hydrogen-bond donors (Lipinski definition) is 2. The van der Waals surface area contributed by atoms with Crippen LogP contribution in [-0.2, 0) is 6.54 Å². The number of hydrogen-bond acceptors (Lipinski definition) is 4. The minimum Gasteiger partial charge on any atom is -0.478 e. The second-order valence-corrected chi connectivity index (χ2v) is 4.45. The van der Waals surface area contributed by atoms with Gasteiger partial charge in [-0.15, -0.1) is 0 Å². The smallest absolute Gasteiger partial charge is 0.335 e. The fraction of sp³-hybridized carbons (Fsp3) is 0.0667. The van der Waals surface area contributed by atoms with E-state index in [9.17, 15) is 9.18 Å². The van der Waals surface area contributed by atoms with Gasteiger partial charge in [-0.3, -0.25) is 0 Å². The van der Waals surface area contributed by atoms with Crippen molar-refractivity contribution in [3.63, 3.8) is 0 Å². The Morgan fingerprint density at radius 2 is 2.10 bits per heavy atom. The lowest BCUT2D eigenvalue weighted by molar-refractivity contribution is 0.0697. The van der Waals surface area contributed by atoms with Crippen LogP contribution in [0, 0.1) is 5.82 Å². The van der Waals surface area contributed by atoms with E-state index in [1.54, 1.807) is 24.3 Å². The molecule has 0 radical (unpaired) electrons. The average Bonchev–Trinajstić information content (AvgIpc) is 2.88. The molecule has 0 amide bonds. The Bertz CT molecular complexity index is 814. The van der Waals surface area contributed by atoms with Gasteiger partial charge in [0, 0.05) is 12.1 Å². The molecule has 3 rings (SSSR count). The van der Waals surface area contributed by atoms with E-state index in [0.717, 1.165) is 0 Å². The highest BCUT2D eigenvalue weighted by Crippen LogP contribution is 2.21. The number of nitrogens with zero attached hydrogens (tertiary/aromatic N) is 1. The quantitative estimate of drug-likeness (QED) is 0.769. The Morgan fingerprint density at radius 3 is 2.86 bits per heavy atom. The van der Waals surface area contributed by atoms with Crippen LogP contribution in [0.3, 0.4) is 0 Å². The Labute approximate surface area is 119 Å². The first kappa shape index (κ1) is 13.1. The fourth-order valence-corrected chi connectivity index (χ4v) is 1.95. The minimum atomic E-state index is -1.03. The number of oxazole rings is 1. The van der Waals surface area contributed by atoms with Crippen molar-refractivity contribution in [1.82, 2.24) is 4.98 Å². The van der Waals surface area contributed by atoms with Crippen molar-refractivity contribution in [2.45, 2.75) is 6.54 Å². The van der Waals surface area contributed by atoms with Crippen LogP contribution < -0.4 is 5.32 Å². The molecule has 3 aromatic rings. The number of aromatic carboxylic acids is 1. The second-order valence-electron chi connectivity index (χ2n) is 4.45. The first-order valence-corrected chi connectivity index (χ1v) is 6.24. The molecule has 0 atom stereocenters. The monoisotopic (exact) mass is 286 g/mol. The van der Waals surface area contributed by atoms with Crippen LogP contribution in [0.4, 0.5) is 10.4 Å². The number of carboxylic acid groups (broad SMARTS) is 1. The summed E-state index contributed by atoms with van der Waals surface area (Å²) in [6.07, 6.45) is 0. The summed E-state index contributed by atoms with van der Waals surface area (Å²) in [6, 6.07) is 11.0. The van der Waals surface area contributed by atoms with Crippen LogP contribution >= 0.6 is 0 Å². The molecule has 6 heteroatoms. The molecule has 0 aliphatic rings. The van der Waals surface area contributed by atoms with Crippen molar-refractivity contribution in [3.05, 3.63) is 59.4 Å². The maximum absolute atomic E-state index is 13.5. The maximum Gasteiger partial charge on any atom is 0.335 e. The van der Waals surface area contributed by atoms with Gasteiger partial charge in [0.15, 0.2) is 5.58 Å². The van der Waals surface area contributed by atoms with Gasteiger partial charge in [-0.1, -0.05) is 18.2 Å². The molecule has 0 saturated heterocycles. The van der Waals surface area contributed by atoms with Crippen LogP contribution in [0.2, 0.25) is 0 Å². The van der Waals surface area contributed by atoms with Crippen LogP contribution in [0.25, 0.3) is 11.1 Å². The Morgan fingerprint density at radius 1 is 1.29 bits per heavy atom. The number of halogens is 1. The van der Waals surface area contributed by atoms with Gasteiger partial charge in [-0.2, -0.15) is 4.98 Å². The molecular formula is C15H11FN2O3. The average molecular weight is 286 g/mol. The number of aromatic nitrogens is 1. The molecule has 0 fully saturated rings. The van der Waals surface area contributed by atoms with Crippen LogP contribution in [-0.4, -0.2) is 16.1 Å². The minimum absolute atomic E-state index is 0.124. The molecule has 106 valence electrons. The van der Waals surface area contributed by atoms with Gasteiger partial charge in [0.2, 0.25) is 0 Å². The first-order chi connectivity index (χ1) is 10.1. The third-order valence-corrected chi connectivity index (χ3v) is 3.02. The number of nitrogens with one attached hydrogen (secondary N) is 1. The standard InChI is InChI=1S/C15H11FN2O3/c16-11-4-2-1-3-10(11)8-17-15-18-12-6-5-9(14(19)20)7-13(12)21-15/h1-7H,8H2,(H,17,18)(H,19,20). The summed E-state index contributed by atoms with van der Waals surface area (Å²) in [5.74, 6) is -1.34. The lowest BCUT2D eigenvalue weighted by Gasteiger charge is -2.02. The van der Waals surface area contributed by atoms with Gasteiger partial charge in [-0.25, -0.2) is 9.18 Å². The van der Waals surface area contributed by atoms with Crippen LogP contribution in [0.5, 0.6) is 0 Å². The van der Waals surface area contributed by atoms with Gasteiger partial charge in [-0.05, 0) is 24.3 Å². The third-order valence-electron chi connectivity index (χ3n) is 3.02. The van der Waals surface area contributed by atoms with E-state index in [4.69, 9.17) is 9.52 Å². The SMILES string of the molecule is O=C(O)c1ccc2nc(NCc3ccccc3F)oc2c1. The zero-order chi connectivity index (χ0) is 14.8. The van der Waals surface area contributed by atoms with Gasteiger partial charge < -0.3 is 14.8 Å². The summed E-state index contributed by atoms with van der Waals surface area (Å²) in [7, 11) is 0. The van der Waals surface area contributed by atoms with Crippen molar-refractivity contribution in [1.29, 1.82) is 0 Å². The van der Waals surface area contributed by atoms with Gasteiger partial charge in [0.1, 0.15) is 11.3 Å². The van der Waals surface area contributed by atoms with E-state index in [0.29, 0.717) is 16.7 Å². The summed E-state index contributed by atoms with van der Waals surface area (Å²) in [5.41, 5.74) is 1.52. The number of rotatable bonds is 4. The van der Waals surface area contributed by atoms with Crippen molar-refractivity contribution < 1.29 is 18.7 Å². The Kier molecular flexibility index (Phi) is 3.27. The molecule has 0 spiro atoms. The second kappa shape index (κ2) is 5.24. The largest absolute Gasteiger partial charge is 0.478 e. The normalized spacial score (nSPS) is 10.7. The van der Waals surface area contributed by atoms with Crippen molar-refractivity contribution in [2.75, 3.05) is 5.32 Å². The zero-order valence-corrected chi connectivity index (χ0v) is 10.8. The van der Waals surface area contributed by atoms with Crippen LogP contribution in [0.1, 0.15) is 15.9 Å². The fourth-order valence-electron chi connectivity index (χ4n) is 1.95. The molecule has 1 heterocycles. The number of benzene rings is 2. The number of anilines is 1. The van der Waals surface area contributed by atoms with Gasteiger partial charge >= 0.3 is 5.97 Å². The number of fused-ring (bicyclic) bond motifs is 1. The highest BCUT2D eigenvalue weighted by Gasteiger charge is 2.10. The predicted molar refractivity (Wildman–Crippen MR) is 74.7 cm³/mol. The molecule has 5 nitrogen and oxygen atoms in total. The molecule has 2 N–H and O–H groups in total. The molecule has 0 aliphatic carbocycles. The maximum atomic E-state index is 13.5. The predicted octanol–water partition coefficient (Wildman–Crippen LogP) is 3.28. The highest BCUT2D eigenvalue weighted by molar-refractivity contribution is 5.92. The van der Waals surface area contributed by atoms with E-state index in [2.05, 4.69) is 10.3 Å². The Balaban J connectivity index is 1.82. The molecule has 2 aromatic carbocycles. The summed E-state index contributed by atoms with van der Waals surface area (Å²) >= 11 is 0. The van der Waals surface area contributed by atoms with Gasteiger partial charge in [0.25, 0.3) is 6.01 Å². The highest BCUT2D eigenvalue weighted by atomic mass is 19.1. The van der Waals surface area contributed by atoms with Crippen molar-refractivity contribution in [2.24, 2.45) is 0 Å². The van der Waals surface area contributed by atoms with Crippen LogP contribution in [0.15, 0.2) is 46.9 Å².